The highest BCUT2D eigenvalue weighted by atomic mass is 35.5. The number of halogens is 1. The van der Waals surface area contributed by atoms with Crippen LogP contribution in [0.25, 0.3) is 0 Å². The first-order chi connectivity index (χ1) is 12.0. The normalized spacial score (nSPS) is 14.5. The molecule has 1 aliphatic carbocycles. The van der Waals surface area contributed by atoms with Crippen molar-refractivity contribution >= 4 is 34.8 Å². The van der Waals surface area contributed by atoms with Crippen molar-refractivity contribution < 1.29 is 9.59 Å². The topological polar surface area (TPSA) is 70.2 Å². The number of amides is 2. The van der Waals surface area contributed by atoms with E-state index in [1.165, 1.54) is 0 Å². The number of nitrogens with one attached hydrogen (secondary N) is 3. The van der Waals surface area contributed by atoms with E-state index in [2.05, 4.69) is 16.0 Å². The molecule has 2 aromatic carbocycles. The molecule has 1 atom stereocenters. The van der Waals surface area contributed by atoms with Gasteiger partial charge in [0.25, 0.3) is 5.91 Å². The van der Waals surface area contributed by atoms with Gasteiger partial charge in [-0.15, -0.1) is 0 Å². The van der Waals surface area contributed by atoms with Gasteiger partial charge in [0.05, 0.1) is 0 Å². The number of carbonyl (C=O) groups excluding carboxylic acids is 2. The molecule has 2 amide bonds. The Bertz CT molecular complexity index is 755. The average molecular weight is 358 g/mol. The molecule has 3 N–H and O–H groups in total. The fourth-order valence-electron chi connectivity index (χ4n) is 2.31. The number of benzene rings is 2. The monoisotopic (exact) mass is 357 g/mol. The first-order valence-corrected chi connectivity index (χ1v) is 8.63. The first kappa shape index (κ1) is 17.3. The number of hydrogen-bond donors (Lipinski definition) is 3. The minimum absolute atomic E-state index is 0.0532. The molecule has 1 aliphatic rings. The zero-order valence-electron chi connectivity index (χ0n) is 13.9. The van der Waals surface area contributed by atoms with Crippen LogP contribution in [0, 0.1) is 0 Å². The van der Waals surface area contributed by atoms with E-state index in [0.717, 1.165) is 18.5 Å². The molecule has 0 spiro atoms. The van der Waals surface area contributed by atoms with E-state index in [0.29, 0.717) is 22.3 Å². The maximum atomic E-state index is 12.2. The molecule has 2 aromatic rings. The highest BCUT2D eigenvalue weighted by Gasteiger charge is 2.23. The van der Waals surface area contributed by atoms with Crippen molar-refractivity contribution in [3.63, 3.8) is 0 Å². The van der Waals surface area contributed by atoms with E-state index < -0.39 is 6.04 Å². The fourth-order valence-corrected chi connectivity index (χ4v) is 2.44. The van der Waals surface area contributed by atoms with Crippen LogP contribution in [0.2, 0.25) is 5.02 Å². The minimum atomic E-state index is -0.429. The van der Waals surface area contributed by atoms with Crippen molar-refractivity contribution in [1.82, 2.24) is 5.32 Å². The summed E-state index contributed by atoms with van der Waals surface area (Å²) in [4.78, 5) is 24.2. The van der Waals surface area contributed by atoms with Crippen molar-refractivity contribution in [1.29, 1.82) is 0 Å². The van der Waals surface area contributed by atoms with Gasteiger partial charge in [0.2, 0.25) is 5.91 Å². The summed E-state index contributed by atoms with van der Waals surface area (Å²) in [5, 5.41) is 9.51. The van der Waals surface area contributed by atoms with E-state index in [9.17, 15) is 9.59 Å². The van der Waals surface area contributed by atoms with Gasteiger partial charge in [0.15, 0.2) is 0 Å². The summed E-state index contributed by atoms with van der Waals surface area (Å²) in [5.74, 6) is -0.208. The summed E-state index contributed by atoms with van der Waals surface area (Å²) in [6.45, 7) is 1.78. The average Bonchev–Trinajstić information content (AvgIpc) is 3.41. The summed E-state index contributed by atoms with van der Waals surface area (Å²) in [6.07, 6.45) is 2.12. The Kier molecular flexibility index (Phi) is 5.24. The van der Waals surface area contributed by atoms with Gasteiger partial charge in [-0.25, -0.2) is 0 Å². The predicted molar refractivity (Wildman–Crippen MR) is 100 cm³/mol. The van der Waals surface area contributed by atoms with Crippen LogP contribution in [-0.2, 0) is 4.79 Å². The van der Waals surface area contributed by atoms with Crippen LogP contribution < -0.4 is 16.0 Å². The lowest BCUT2D eigenvalue weighted by Gasteiger charge is -2.15. The van der Waals surface area contributed by atoms with Gasteiger partial charge in [-0.3, -0.25) is 9.59 Å². The lowest BCUT2D eigenvalue weighted by atomic mass is 10.1. The summed E-state index contributed by atoms with van der Waals surface area (Å²) < 4.78 is 0. The maximum absolute atomic E-state index is 12.2. The van der Waals surface area contributed by atoms with E-state index in [1.54, 1.807) is 55.5 Å². The summed E-state index contributed by atoms with van der Waals surface area (Å²) in [7, 11) is 0. The molecular formula is C19H20ClN3O2. The van der Waals surface area contributed by atoms with Crippen LogP contribution in [0.15, 0.2) is 48.5 Å². The molecule has 0 saturated heterocycles. The lowest BCUT2D eigenvalue weighted by Crippen LogP contribution is -2.31. The zero-order chi connectivity index (χ0) is 17.8. The Balaban J connectivity index is 1.54. The van der Waals surface area contributed by atoms with Crippen molar-refractivity contribution in [2.45, 2.75) is 31.8 Å². The number of hydrogen-bond acceptors (Lipinski definition) is 3. The predicted octanol–water partition coefficient (Wildman–Crippen LogP) is 3.67. The zero-order valence-corrected chi connectivity index (χ0v) is 14.6. The van der Waals surface area contributed by atoms with Gasteiger partial charge < -0.3 is 16.0 Å². The third-order valence-electron chi connectivity index (χ3n) is 3.95. The molecule has 0 aliphatic heterocycles. The van der Waals surface area contributed by atoms with Gasteiger partial charge in [-0.1, -0.05) is 11.6 Å². The largest absolute Gasteiger partial charge is 0.374 e. The summed E-state index contributed by atoms with van der Waals surface area (Å²) in [6, 6.07) is 14.0. The summed E-state index contributed by atoms with van der Waals surface area (Å²) in [5.41, 5.74) is 2.09. The fraction of sp³-hybridized carbons (Fsp3) is 0.263. The molecule has 130 valence electrons. The Morgan fingerprint density at radius 3 is 2.20 bits per heavy atom. The molecule has 3 rings (SSSR count). The van der Waals surface area contributed by atoms with Crippen LogP contribution >= 0.6 is 11.6 Å². The molecule has 1 unspecified atom stereocenters. The van der Waals surface area contributed by atoms with Crippen LogP contribution in [0.3, 0.4) is 0 Å². The molecule has 0 aromatic heterocycles. The van der Waals surface area contributed by atoms with E-state index in [-0.39, 0.29) is 11.8 Å². The van der Waals surface area contributed by atoms with E-state index in [4.69, 9.17) is 11.6 Å². The van der Waals surface area contributed by atoms with Crippen molar-refractivity contribution in [2.75, 3.05) is 10.6 Å². The molecule has 1 saturated carbocycles. The second-order valence-electron chi connectivity index (χ2n) is 6.19. The minimum Gasteiger partial charge on any atom is -0.374 e. The molecule has 0 radical (unpaired) electrons. The standard InChI is InChI=1S/C19H20ClN3O2/c1-12(18(24)22-16-8-4-14(20)5-9-16)21-15-6-2-13(3-7-15)19(25)23-17-10-11-17/h2-9,12,17,21H,10-11H2,1H3,(H,22,24)(H,23,25). The second-order valence-corrected chi connectivity index (χ2v) is 6.62. The third-order valence-corrected chi connectivity index (χ3v) is 4.20. The number of rotatable bonds is 6. The van der Waals surface area contributed by atoms with E-state index in [1.807, 2.05) is 0 Å². The molecule has 0 bridgehead atoms. The highest BCUT2D eigenvalue weighted by Crippen LogP contribution is 2.20. The molecular weight excluding hydrogens is 338 g/mol. The van der Waals surface area contributed by atoms with Crippen LogP contribution in [-0.4, -0.2) is 23.9 Å². The Morgan fingerprint density at radius 2 is 1.60 bits per heavy atom. The van der Waals surface area contributed by atoms with Gasteiger partial charge >= 0.3 is 0 Å². The van der Waals surface area contributed by atoms with E-state index >= 15 is 0 Å². The first-order valence-electron chi connectivity index (χ1n) is 8.25. The lowest BCUT2D eigenvalue weighted by molar-refractivity contribution is -0.116. The Hall–Kier alpha value is -2.53. The summed E-state index contributed by atoms with van der Waals surface area (Å²) >= 11 is 5.83. The number of anilines is 2. The smallest absolute Gasteiger partial charge is 0.251 e. The van der Waals surface area contributed by atoms with Crippen LogP contribution in [0.4, 0.5) is 11.4 Å². The maximum Gasteiger partial charge on any atom is 0.251 e. The third kappa shape index (κ3) is 4.97. The van der Waals surface area contributed by atoms with Gasteiger partial charge in [-0.05, 0) is 68.3 Å². The second kappa shape index (κ2) is 7.57. The Labute approximate surface area is 151 Å². The molecule has 1 fully saturated rings. The molecule has 0 heterocycles. The SMILES string of the molecule is CC(Nc1ccc(C(=O)NC2CC2)cc1)C(=O)Nc1ccc(Cl)cc1. The van der Waals surface area contributed by atoms with Crippen LogP contribution in [0.1, 0.15) is 30.1 Å². The van der Waals surface area contributed by atoms with Crippen molar-refractivity contribution in [3.8, 4) is 0 Å². The van der Waals surface area contributed by atoms with Crippen LogP contribution in [0.5, 0.6) is 0 Å². The Morgan fingerprint density at radius 1 is 1.00 bits per heavy atom. The van der Waals surface area contributed by atoms with Crippen molar-refractivity contribution in [3.05, 3.63) is 59.1 Å². The van der Waals surface area contributed by atoms with Gasteiger partial charge in [-0.2, -0.15) is 0 Å². The van der Waals surface area contributed by atoms with Gasteiger partial charge in [0, 0.05) is 28.0 Å². The molecule has 25 heavy (non-hydrogen) atoms. The highest BCUT2D eigenvalue weighted by molar-refractivity contribution is 6.30. The molecule has 6 heteroatoms. The van der Waals surface area contributed by atoms with Gasteiger partial charge in [0.1, 0.15) is 6.04 Å². The number of carbonyl (C=O) groups is 2. The van der Waals surface area contributed by atoms with Crippen molar-refractivity contribution in [2.24, 2.45) is 0 Å². The molecule has 5 nitrogen and oxygen atoms in total. The quantitative estimate of drug-likeness (QED) is 0.738.